The lowest BCUT2D eigenvalue weighted by Gasteiger charge is -2.34. The monoisotopic (exact) mass is 315 g/mol. The third kappa shape index (κ3) is 3.21. The highest BCUT2D eigenvalue weighted by molar-refractivity contribution is 7.10. The van der Waals surface area contributed by atoms with Crippen molar-refractivity contribution in [1.82, 2.24) is 4.98 Å². The third-order valence-corrected chi connectivity index (χ3v) is 4.21. The molecule has 1 aliphatic heterocycles. The highest BCUT2D eigenvalue weighted by Crippen LogP contribution is 2.26. The number of anilines is 1. The number of thiophene rings is 1. The van der Waals surface area contributed by atoms with Gasteiger partial charge in [-0.1, -0.05) is 6.07 Å². The topological polar surface area (TPSA) is 62.3 Å². The average Bonchev–Trinajstić information content (AvgIpc) is 3.13. The van der Waals surface area contributed by atoms with E-state index < -0.39 is 0 Å². The summed E-state index contributed by atoms with van der Waals surface area (Å²) in [5.74, 6) is 0.988. The number of hydrogen-bond donors (Lipinski definition) is 0. The number of aromatic nitrogens is 1. The summed E-state index contributed by atoms with van der Waals surface area (Å²) >= 11 is 1.64. The molecule has 0 aliphatic carbocycles. The summed E-state index contributed by atoms with van der Waals surface area (Å²) in [5, 5.41) is 11.3. The molecule has 0 unspecified atom stereocenters. The van der Waals surface area contributed by atoms with Crippen molar-refractivity contribution in [2.75, 3.05) is 18.0 Å². The second-order valence-electron chi connectivity index (χ2n) is 5.33. The summed E-state index contributed by atoms with van der Waals surface area (Å²) in [6.07, 6.45) is 3.94. The molecule has 3 rings (SSSR count). The highest BCUT2D eigenvalue weighted by atomic mass is 32.1. The number of morpholine rings is 1. The van der Waals surface area contributed by atoms with E-state index in [1.165, 1.54) is 0 Å². The zero-order valence-electron chi connectivity index (χ0n) is 12.5. The number of rotatable bonds is 3. The summed E-state index contributed by atoms with van der Waals surface area (Å²) in [6.45, 7) is 5.43. The Morgan fingerprint density at radius 2 is 2.14 bits per heavy atom. The Kier molecular flexibility index (Phi) is 4.27. The molecule has 0 radical (unpaired) electrons. The van der Waals surface area contributed by atoms with Crippen molar-refractivity contribution in [2.45, 2.75) is 26.1 Å². The van der Waals surface area contributed by atoms with E-state index in [4.69, 9.17) is 9.15 Å². The molecule has 1 aliphatic rings. The van der Waals surface area contributed by atoms with Gasteiger partial charge in [0.1, 0.15) is 6.07 Å². The van der Waals surface area contributed by atoms with Crippen molar-refractivity contribution >= 4 is 29.4 Å². The number of nitriles is 1. The average molecular weight is 315 g/mol. The van der Waals surface area contributed by atoms with E-state index in [1.54, 1.807) is 17.4 Å². The van der Waals surface area contributed by atoms with Crippen LogP contribution in [0.15, 0.2) is 21.9 Å². The molecule has 3 heterocycles. The minimum Gasteiger partial charge on any atom is -0.420 e. The number of oxazole rings is 1. The van der Waals surface area contributed by atoms with Crippen molar-refractivity contribution in [2.24, 2.45) is 0 Å². The highest BCUT2D eigenvalue weighted by Gasteiger charge is 2.27. The molecule has 2 aromatic rings. The molecule has 0 amide bonds. The maximum atomic E-state index is 9.29. The van der Waals surface area contributed by atoms with Crippen LogP contribution in [0.3, 0.4) is 0 Å². The quantitative estimate of drug-likeness (QED) is 0.868. The molecule has 0 N–H and O–H groups in total. The van der Waals surface area contributed by atoms with E-state index in [2.05, 4.69) is 11.1 Å². The predicted molar refractivity (Wildman–Crippen MR) is 86.7 cm³/mol. The first-order valence-electron chi connectivity index (χ1n) is 7.18. The lowest BCUT2D eigenvalue weighted by molar-refractivity contribution is -0.00642. The van der Waals surface area contributed by atoms with Gasteiger partial charge in [0, 0.05) is 24.0 Å². The normalized spacial score (nSPS) is 22.1. The Hall–Kier alpha value is -2.10. The van der Waals surface area contributed by atoms with Crippen LogP contribution in [0.2, 0.25) is 0 Å². The predicted octanol–water partition coefficient (Wildman–Crippen LogP) is 3.39. The molecule has 5 nitrogen and oxygen atoms in total. The number of hydrogen-bond acceptors (Lipinski definition) is 6. The molecule has 1 saturated heterocycles. The molecule has 22 heavy (non-hydrogen) atoms. The maximum absolute atomic E-state index is 9.29. The van der Waals surface area contributed by atoms with E-state index in [0.717, 1.165) is 4.88 Å². The van der Waals surface area contributed by atoms with Gasteiger partial charge < -0.3 is 14.1 Å². The van der Waals surface area contributed by atoms with Crippen molar-refractivity contribution in [1.29, 1.82) is 5.26 Å². The van der Waals surface area contributed by atoms with Gasteiger partial charge in [0.25, 0.3) is 0 Å². The molecule has 0 saturated carbocycles. The van der Waals surface area contributed by atoms with Crippen molar-refractivity contribution in [3.8, 4) is 6.07 Å². The van der Waals surface area contributed by atoms with Crippen LogP contribution in [0.1, 0.15) is 30.3 Å². The Morgan fingerprint density at radius 3 is 2.77 bits per heavy atom. The van der Waals surface area contributed by atoms with Crippen LogP contribution >= 0.6 is 11.3 Å². The lowest BCUT2D eigenvalue weighted by Crippen LogP contribution is -2.45. The molecular formula is C16H17N3O2S. The van der Waals surface area contributed by atoms with Crippen LogP contribution in [-0.2, 0) is 4.74 Å². The van der Waals surface area contributed by atoms with Gasteiger partial charge in [-0.25, -0.2) is 0 Å². The molecule has 6 heteroatoms. The minimum absolute atomic E-state index is 0.102. The minimum atomic E-state index is 0.102. The first-order valence-corrected chi connectivity index (χ1v) is 8.06. The molecular weight excluding hydrogens is 298 g/mol. The first-order chi connectivity index (χ1) is 10.7. The second-order valence-corrected chi connectivity index (χ2v) is 6.31. The SMILES string of the molecule is C[C@H]1CN(c2oc(/C=C/c3cccs3)nc2C#N)C[C@H](C)O1. The van der Waals surface area contributed by atoms with Gasteiger partial charge in [0.2, 0.25) is 17.5 Å². The zero-order valence-corrected chi connectivity index (χ0v) is 13.3. The Morgan fingerprint density at radius 1 is 1.36 bits per heavy atom. The zero-order chi connectivity index (χ0) is 15.5. The molecule has 2 aromatic heterocycles. The smallest absolute Gasteiger partial charge is 0.235 e. The van der Waals surface area contributed by atoms with Crippen molar-refractivity contribution in [3.05, 3.63) is 34.0 Å². The summed E-state index contributed by atoms with van der Waals surface area (Å²) in [7, 11) is 0. The fourth-order valence-electron chi connectivity index (χ4n) is 2.57. The van der Waals surface area contributed by atoms with Gasteiger partial charge in [0.05, 0.1) is 12.2 Å². The molecule has 2 atom stereocenters. The van der Waals surface area contributed by atoms with E-state index in [0.29, 0.717) is 30.6 Å². The molecule has 0 spiro atoms. The van der Waals surface area contributed by atoms with Gasteiger partial charge in [-0.15, -0.1) is 11.3 Å². The standard InChI is InChI=1S/C16H17N3O2S/c1-11-9-19(10-12(2)20-11)16-14(8-17)18-15(21-16)6-5-13-4-3-7-22-13/h3-7,11-12H,9-10H2,1-2H3/b6-5+/t11-,12-/m0/s1. The van der Waals surface area contributed by atoms with E-state index in [9.17, 15) is 5.26 Å². The summed E-state index contributed by atoms with van der Waals surface area (Å²) in [4.78, 5) is 7.41. The molecule has 114 valence electrons. The van der Waals surface area contributed by atoms with Gasteiger partial charge >= 0.3 is 0 Å². The number of nitrogens with zero attached hydrogens (tertiary/aromatic N) is 3. The molecule has 0 bridgehead atoms. The fraction of sp³-hybridized carbons (Fsp3) is 0.375. The van der Waals surface area contributed by atoms with Crippen LogP contribution in [0.25, 0.3) is 12.2 Å². The summed E-state index contributed by atoms with van der Waals surface area (Å²) in [5.41, 5.74) is 0.326. The molecule has 0 aromatic carbocycles. The van der Waals surface area contributed by atoms with Gasteiger partial charge in [-0.3, -0.25) is 0 Å². The van der Waals surface area contributed by atoms with Crippen LogP contribution in [0.4, 0.5) is 5.88 Å². The Labute approximate surface area is 133 Å². The maximum Gasteiger partial charge on any atom is 0.235 e. The lowest BCUT2D eigenvalue weighted by atomic mass is 10.2. The first kappa shape index (κ1) is 14.8. The van der Waals surface area contributed by atoms with Gasteiger partial charge in [-0.05, 0) is 31.4 Å². The third-order valence-electron chi connectivity index (χ3n) is 3.37. The molecule has 1 fully saturated rings. The largest absolute Gasteiger partial charge is 0.420 e. The van der Waals surface area contributed by atoms with E-state index in [-0.39, 0.29) is 12.2 Å². The van der Waals surface area contributed by atoms with Crippen LogP contribution < -0.4 is 4.90 Å². The van der Waals surface area contributed by atoms with E-state index >= 15 is 0 Å². The fourth-order valence-corrected chi connectivity index (χ4v) is 3.19. The van der Waals surface area contributed by atoms with Gasteiger partial charge in [-0.2, -0.15) is 10.2 Å². The van der Waals surface area contributed by atoms with Crippen molar-refractivity contribution < 1.29 is 9.15 Å². The Bertz CT molecular complexity index is 690. The van der Waals surface area contributed by atoms with Crippen molar-refractivity contribution in [3.63, 3.8) is 0 Å². The van der Waals surface area contributed by atoms with E-state index in [1.807, 2.05) is 42.3 Å². The van der Waals surface area contributed by atoms with Crippen LogP contribution in [-0.4, -0.2) is 30.3 Å². The number of ether oxygens (including phenoxy) is 1. The van der Waals surface area contributed by atoms with Crippen LogP contribution in [0.5, 0.6) is 0 Å². The van der Waals surface area contributed by atoms with Gasteiger partial charge in [0.15, 0.2) is 0 Å². The van der Waals surface area contributed by atoms with Crippen LogP contribution in [0, 0.1) is 11.3 Å². The summed E-state index contributed by atoms with van der Waals surface area (Å²) in [6, 6.07) is 6.12. The second kappa shape index (κ2) is 6.34. The summed E-state index contributed by atoms with van der Waals surface area (Å²) < 4.78 is 11.5. The Balaban J connectivity index is 1.84.